The zero-order valence-corrected chi connectivity index (χ0v) is 16.2. The number of pyridine rings is 1. The van der Waals surface area contributed by atoms with Crippen molar-refractivity contribution < 1.29 is 4.74 Å². The van der Waals surface area contributed by atoms with Crippen LogP contribution in [0.4, 0.5) is 5.82 Å². The van der Waals surface area contributed by atoms with Crippen LogP contribution >= 0.6 is 0 Å². The number of nitrogens with one attached hydrogen (secondary N) is 2. The molecule has 1 saturated heterocycles. The number of hydrogen-bond donors (Lipinski definition) is 2. The van der Waals surface area contributed by atoms with E-state index in [0.29, 0.717) is 44.2 Å². The van der Waals surface area contributed by atoms with Crippen LogP contribution in [0.5, 0.6) is 0 Å². The number of morpholine rings is 1. The van der Waals surface area contributed by atoms with Gasteiger partial charge in [-0.15, -0.1) is 0 Å². The van der Waals surface area contributed by atoms with Crippen molar-refractivity contribution in [1.29, 1.82) is 0 Å². The first kappa shape index (κ1) is 17.7. The predicted octanol–water partition coefficient (Wildman–Crippen LogP) is 2.16. The van der Waals surface area contributed by atoms with Crippen LogP contribution in [-0.4, -0.2) is 45.9 Å². The van der Waals surface area contributed by atoms with Gasteiger partial charge in [0.15, 0.2) is 0 Å². The summed E-state index contributed by atoms with van der Waals surface area (Å²) in [6.45, 7) is 5.04. The molecular weight excluding hydrogens is 368 g/mol. The molecule has 3 aromatic heterocycles. The number of hydrogen-bond acceptors (Lipinski definition) is 6. The Balaban J connectivity index is 1.50. The van der Waals surface area contributed by atoms with Crippen molar-refractivity contribution in [3.05, 3.63) is 64.5 Å². The van der Waals surface area contributed by atoms with E-state index in [1.165, 1.54) is 5.39 Å². The molecule has 0 spiro atoms. The Hall–Kier alpha value is -3.39. The van der Waals surface area contributed by atoms with Gasteiger partial charge in [-0.1, -0.05) is 12.1 Å². The third-order valence-corrected chi connectivity index (χ3v) is 5.20. The summed E-state index contributed by atoms with van der Waals surface area (Å²) in [7, 11) is 0. The molecule has 29 heavy (non-hydrogen) atoms. The third-order valence-electron chi connectivity index (χ3n) is 5.20. The Morgan fingerprint density at radius 3 is 2.90 bits per heavy atom. The number of nitrogens with zero attached hydrogens (tertiary/aromatic N) is 4. The van der Waals surface area contributed by atoms with E-state index in [4.69, 9.17) is 4.74 Å². The van der Waals surface area contributed by atoms with Crippen LogP contribution in [0.15, 0.2) is 47.5 Å². The summed E-state index contributed by atoms with van der Waals surface area (Å²) >= 11 is 0. The van der Waals surface area contributed by atoms with Crippen LogP contribution < -0.4 is 15.9 Å². The lowest BCUT2D eigenvalue weighted by Gasteiger charge is -2.30. The van der Waals surface area contributed by atoms with E-state index in [1.54, 1.807) is 10.7 Å². The van der Waals surface area contributed by atoms with E-state index < -0.39 is 0 Å². The van der Waals surface area contributed by atoms with Gasteiger partial charge in [-0.25, -0.2) is 14.6 Å². The summed E-state index contributed by atoms with van der Waals surface area (Å²) < 4.78 is 7.06. The summed E-state index contributed by atoms with van der Waals surface area (Å²) in [5.74, 6) is 1.35. The van der Waals surface area contributed by atoms with E-state index in [2.05, 4.69) is 44.5 Å². The molecule has 5 rings (SSSR count). The lowest BCUT2D eigenvalue weighted by atomic mass is 10.1. The van der Waals surface area contributed by atoms with Crippen molar-refractivity contribution in [3.8, 4) is 0 Å². The van der Waals surface area contributed by atoms with Crippen LogP contribution in [0.1, 0.15) is 11.4 Å². The van der Waals surface area contributed by atoms with Gasteiger partial charge in [0.05, 0.1) is 37.2 Å². The molecule has 0 amide bonds. The molecule has 4 aromatic rings. The highest BCUT2D eigenvalue weighted by Gasteiger charge is 2.15. The number of aromatic amines is 1. The summed E-state index contributed by atoms with van der Waals surface area (Å²) in [6, 6.07) is 9.96. The molecule has 0 radical (unpaired) electrons. The lowest BCUT2D eigenvalue weighted by molar-refractivity contribution is 0.111. The first-order valence-electron chi connectivity index (χ1n) is 9.71. The second-order valence-electron chi connectivity index (χ2n) is 7.19. The standard InChI is InChI=1S/C21H22N6O2/c1-14-24-19-11-20(28)27(26-6-8-29-9-7-26)13-17(19)21(25-14)23-12-15-2-3-16-4-5-22-18(16)10-15/h2-5,10-11,13,22H,6-9,12H2,1H3,(H,23,24,25). The highest BCUT2D eigenvalue weighted by atomic mass is 16.5. The van der Waals surface area contributed by atoms with Crippen LogP contribution in [0, 0.1) is 6.92 Å². The second-order valence-corrected chi connectivity index (χ2v) is 7.19. The van der Waals surface area contributed by atoms with Gasteiger partial charge in [0.1, 0.15) is 11.6 Å². The van der Waals surface area contributed by atoms with Crippen molar-refractivity contribution in [1.82, 2.24) is 19.6 Å². The van der Waals surface area contributed by atoms with Crippen LogP contribution in [0.25, 0.3) is 21.8 Å². The van der Waals surface area contributed by atoms with Crippen molar-refractivity contribution >= 4 is 27.6 Å². The maximum atomic E-state index is 12.6. The monoisotopic (exact) mass is 390 g/mol. The van der Waals surface area contributed by atoms with Gasteiger partial charge in [0.2, 0.25) is 0 Å². The van der Waals surface area contributed by atoms with Crippen molar-refractivity contribution in [2.75, 3.05) is 36.6 Å². The quantitative estimate of drug-likeness (QED) is 0.555. The van der Waals surface area contributed by atoms with Gasteiger partial charge >= 0.3 is 0 Å². The van der Waals surface area contributed by atoms with Gasteiger partial charge in [-0.3, -0.25) is 4.79 Å². The number of aromatic nitrogens is 4. The summed E-state index contributed by atoms with van der Waals surface area (Å²) in [4.78, 5) is 24.9. The molecule has 0 aliphatic carbocycles. The third kappa shape index (κ3) is 3.42. The number of anilines is 1. The fourth-order valence-electron chi connectivity index (χ4n) is 3.72. The van der Waals surface area contributed by atoms with Gasteiger partial charge < -0.3 is 20.0 Å². The van der Waals surface area contributed by atoms with Crippen LogP contribution in [-0.2, 0) is 11.3 Å². The molecule has 1 aliphatic heterocycles. The average molecular weight is 390 g/mol. The van der Waals surface area contributed by atoms with E-state index >= 15 is 0 Å². The van der Waals surface area contributed by atoms with Crippen LogP contribution in [0.3, 0.4) is 0 Å². The zero-order chi connectivity index (χ0) is 19.8. The molecule has 1 aliphatic rings. The first-order valence-corrected chi connectivity index (χ1v) is 9.71. The van der Waals surface area contributed by atoms with Crippen LogP contribution in [0.2, 0.25) is 0 Å². The number of ether oxygens (including phenoxy) is 1. The highest BCUT2D eigenvalue weighted by Crippen LogP contribution is 2.21. The summed E-state index contributed by atoms with van der Waals surface area (Å²) in [5, 5.41) is 7.43. The normalized spacial score (nSPS) is 14.6. The molecule has 0 saturated carbocycles. The molecule has 8 nitrogen and oxygen atoms in total. The van der Waals surface area contributed by atoms with E-state index in [0.717, 1.165) is 22.3 Å². The summed E-state index contributed by atoms with van der Waals surface area (Å²) in [6.07, 6.45) is 3.77. The number of benzene rings is 1. The molecule has 8 heteroatoms. The van der Waals surface area contributed by atoms with Gasteiger partial charge in [0.25, 0.3) is 5.56 Å². The number of fused-ring (bicyclic) bond motifs is 2. The second kappa shape index (κ2) is 7.21. The molecule has 148 valence electrons. The highest BCUT2D eigenvalue weighted by molar-refractivity contribution is 5.88. The molecule has 0 bridgehead atoms. The Morgan fingerprint density at radius 2 is 2.03 bits per heavy atom. The fourth-order valence-corrected chi connectivity index (χ4v) is 3.72. The Kier molecular flexibility index (Phi) is 4.40. The van der Waals surface area contributed by atoms with Gasteiger partial charge in [-0.05, 0) is 30.0 Å². The minimum absolute atomic E-state index is 0.0966. The maximum Gasteiger partial charge on any atom is 0.271 e. The molecule has 2 N–H and O–H groups in total. The van der Waals surface area contributed by atoms with E-state index in [-0.39, 0.29) is 5.56 Å². The van der Waals surface area contributed by atoms with Gasteiger partial charge in [-0.2, -0.15) is 0 Å². The average Bonchev–Trinajstić information content (AvgIpc) is 3.20. The predicted molar refractivity (Wildman–Crippen MR) is 113 cm³/mol. The molecule has 0 unspecified atom stereocenters. The van der Waals surface area contributed by atoms with E-state index in [9.17, 15) is 4.79 Å². The Morgan fingerprint density at radius 1 is 1.17 bits per heavy atom. The minimum Gasteiger partial charge on any atom is -0.378 e. The fraction of sp³-hybridized carbons (Fsp3) is 0.286. The topological polar surface area (TPSA) is 88.1 Å². The number of H-pyrrole nitrogens is 1. The van der Waals surface area contributed by atoms with Crippen molar-refractivity contribution in [3.63, 3.8) is 0 Å². The zero-order valence-electron chi connectivity index (χ0n) is 16.2. The maximum absolute atomic E-state index is 12.6. The molecule has 4 heterocycles. The van der Waals surface area contributed by atoms with Crippen molar-refractivity contribution in [2.45, 2.75) is 13.5 Å². The molecule has 1 fully saturated rings. The SMILES string of the molecule is Cc1nc(NCc2ccc3cc[nH]c3c2)c2cn(N3CCOCC3)c(=O)cc2n1. The van der Waals surface area contributed by atoms with Crippen molar-refractivity contribution in [2.24, 2.45) is 0 Å². The Labute approximate surface area is 167 Å². The molecule has 1 aromatic carbocycles. The minimum atomic E-state index is -0.0966. The molecular formula is C21H22N6O2. The lowest BCUT2D eigenvalue weighted by Crippen LogP contribution is -2.48. The Bertz CT molecular complexity index is 1240. The molecule has 0 atom stereocenters. The van der Waals surface area contributed by atoms with Gasteiger partial charge in [0, 0.05) is 30.5 Å². The summed E-state index contributed by atoms with van der Waals surface area (Å²) in [5.41, 5.74) is 2.80. The first-order chi connectivity index (χ1) is 14.2. The smallest absolute Gasteiger partial charge is 0.271 e. The largest absolute Gasteiger partial charge is 0.378 e. The number of aryl methyl sites for hydroxylation is 1. The van der Waals surface area contributed by atoms with E-state index in [1.807, 2.05) is 24.3 Å². The number of rotatable bonds is 4.